The highest BCUT2D eigenvalue weighted by molar-refractivity contribution is 7.80. The minimum Gasteiger partial charge on any atom is -0.390 e. The zero-order valence-corrected chi connectivity index (χ0v) is 9.32. The molecule has 0 spiro atoms. The van der Waals surface area contributed by atoms with Gasteiger partial charge < -0.3 is 10.4 Å². The average Bonchev–Trinajstić information content (AvgIpc) is 2.15. The number of anilines is 1. The van der Waals surface area contributed by atoms with Crippen LogP contribution in [-0.4, -0.2) is 23.6 Å². The van der Waals surface area contributed by atoms with Crippen molar-refractivity contribution >= 4 is 29.9 Å². The molecule has 2 N–H and O–H groups in total. The molecule has 1 rings (SSSR count). The summed E-state index contributed by atoms with van der Waals surface area (Å²) in [6, 6.07) is 1.83. The minimum atomic E-state index is -0.788. The van der Waals surface area contributed by atoms with Crippen molar-refractivity contribution in [1.29, 1.82) is 0 Å². The van der Waals surface area contributed by atoms with Crippen LogP contribution in [0.5, 0.6) is 0 Å². The van der Waals surface area contributed by atoms with E-state index in [0.717, 1.165) is 12.1 Å². The van der Waals surface area contributed by atoms with Crippen molar-refractivity contribution in [3.8, 4) is 0 Å². The van der Waals surface area contributed by atoms with Crippen LogP contribution < -0.4 is 5.32 Å². The van der Waals surface area contributed by atoms with Gasteiger partial charge >= 0.3 is 0 Å². The monoisotopic (exact) mass is 253 g/mol. The van der Waals surface area contributed by atoms with Gasteiger partial charge in [0.1, 0.15) is 11.6 Å². The van der Waals surface area contributed by atoms with Gasteiger partial charge in [0, 0.05) is 17.5 Å². The molecular formula is C9H10ClF2NOS. The molecule has 1 aromatic rings. The van der Waals surface area contributed by atoms with Gasteiger partial charge in [-0.1, -0.05) is 0 Å². The lowest BCUT2D eigenvalue weighted by Crippen LogP contribution is -2.21. The van der Waals surface area contributed by atoms with Crippen molar-refractivity contribution in [3.63, 3.8) is 0 Å². The number of hydrogen-bond donors (Lipinski definition) is 3. The van der Waals surface area contributed by atoms with Crippen LogP contribution in [0.15, 0.2) is 17.0 Å². The van der Waals surface area contributed by atoms with Gasteiger partial charge in [0.2, 0.25) is 0 Å². The van der Waals surface area contributed by atoms with Crippen molar-refractivity contribution in [2.24, 2.45) is 0 Å². The third kappa shape index (κ3) is 3.52. The first-order chi connectivity index (χ1) is 7.04. The number of rotatable bonds is 4. The molecule has 0 radical (unpaired) electrons. The summed E-state index contributed by atoms with van der Waals surface area (Å²) in [5.41, 5.74) is 0.0592. The van der Waals surface area contributed by atoms with E-state index >= 15 is 0 Å². The van der Waals surface area contributed by atoms with Crippen LogP contribution in [0.4, 0.5) is 14.5 Å². The maximum Gasteiger partial charge on any atom is 0.150 e. The van der Waals surface area contributed by atoms with Gasteiger partial charge in [-0.3, -0.25) is 0 Å². The fourth-order valence-corrected chi connectivity index (χ4v) is 1.43. The van der Waals surface area contributed by atoms with E-state index in [2.05, 4.69) is 17.9 Å². The zero-order chi connectivity index (χ0) is 11.4. The van der Waals surface area contributed by atoms with Gasteiger partial charge in [-0.05, 0) is 6.07 Å². The largest absolute Gasteiger partial charge is 0.390 e. The lowest BCUT2D eigenvalue weighted by molar-refractivity contribution is 0.211. The number of alkyl halides is 1. The Bertz CT molecular complexity index is 328. The normalized spacial score (nSPS) is 12.6. The smallest absolute Gasteiger partial charge is 0.150 e. The first-order valence-electron chi connectivity index (χ1n) is 4.20. The highest BCUT2D eigenvalue weighted by Gasteiger charge is 2.10. The van der Waals surface area contributed by atoms with E-state index in [0.29, 0.717) is 0 Å². The molecule has 84 valence electrons. The molecule has 0 aliphatic carbocycles. The summed E-state index contributed by atoms with van der Waals surface area (Å²) in [6.45, 7) is 0.0829. The summed E-state index contributed by atoms with van der Waals surface area (Å²) >= 11 is 9.27. The Balaban J connectivity index is 2.77. The molecule has 15 heavy (non-hydrogen) atoms. The van der Waals surface area contributed by atoms with Gasteiger partial charge in [0.25, 0.3) is 0 Å². The van der Waals surface area contributed by atoms with Gasteiger partial charge in [-0.25, -0.2) is 8.78 Å². The number of thiol groups is 1. The molecule has 0 heterocycles. The second-order valence-electron chi connectivity index (χ2n) is 2.97. The zero-order valence-electron chi connectivity index (χ0n) is 7.67. The number of benzene rings is 1. The first kappa shape index (κ1) is 12.5. The molecule has 1 atom stereocenters. The number of hydrogen-bond acceptors (Lipinski definition) is 3. The van der Waals surface area contributed by atoms with Crippen molar-refractivity contribution in [2.45, 2.75) is 11.0 Å². The number of nitrogens with one attached hydrogen (secondary N) is 1. The van der Waals surface area contributed by atoms with Gasteiger partial charge in [0.05, 0.1) is 17.7 Å². The molecule has 2 nitrogen and oxygen atoms in total. The highest BCUT2D eigenvalue weighted by Crippen LogP contribution is 2.24. The van der Waals surface area contributed by atoms with Crippen molar-refractivity contribution in [1.82, 2.24) is 0 Å². The molecule has 0 aromatic heterocycles. The fourth-order valence-electron chi connectivity index (χ4n) is 1.01. The van der Waals surface area contributed by atoms with Crippen LogP contribution in [-0.2, 0) is 0 Å². The molecule has 0 fully saturated rings. The van der Waals surface area contributed by atoms with Gasteiger partial charge in [-0.15, -0.1) is 24.2 Å². The summed E-state index contributed by atoms with van der Waals surface area (Å²) in [5.74, 6) is -1.40. The average molecular weight is 254 g/mol. The van der Waals surface area contributed by atoms with E-state index in [-0.39, 0.29) is 23.0 Å². The molecule has 0 aliphatic heterocycles. The lowest BCUT2D eigenvalue weighted by Gasteiger charge is -2.12. The summed E-state index contributed by atoms with van der Waals surface area (Å²) < 4.78 is 25.9. The predicted molar refractivity (Wildman–Crippen MR) is 58.8 cm³/mol. The van der Waals surface area contributed by atoms with Gasteiger partial charge in [-0.2, -0.15) is 0 Å². The Morgan fingerprint density at radius 1 is 1.47 bits per heavy atom. The van der Waals surface area contributed by atoms with E-state index in [4.69, 9.17) is 16.7 Å². The highest BCUT2D eigenvalue weighted by atomic mass is 35.5. The molecule has 0 aliphatic rings. The standard InChI is InChI=1S/C9H10ClF2NOS/c10-3-6(14)4-13-9-7(12)1-5(11)2-8(9)15/h1-2,6,13-15H,3-4H2. The Morgan fingerprint density at radius 3 is 2.67 bits per heavy atom. The minimum absolute atomic E-state index is 0.0394. The SMILES string of the molecule is OC(CCl)CNc1c(F)cc(F)cc1S. The summed E-state index contributed by atoms with van der Waals surface area (Å²) in [4.78, 5) is 0.147. The Kier molecular flexibility index (Phi) is 4.63. The molecular weight excluding hydrogens is 244 g/mol. The van der Waals surface area contributed by atoms with Gasteiger partial charge in [0.15, 0.2) is 0 Å². The molecule has 6 heteroatoms. The van der Waals surface area contributed by atoms with E-state index < -0.39 is 17.7 Å². The number of halogens is 3. The van der Waals surface area contributed by atoms with Crippen LogP contribution in [0.25, 0.3) is 0 Å². The lowest BCUT2D eigenvalue weighted by atomic mass is 10.2. The number of aliphatic hydroxyl groups is 1. The van der Waals surface area contributed by atoms with Crippen LogP contribution in [0.2, 0.25) is 0 Å². The Labute approximate surface area is 96.7 Å². The quantitative estimate of drug-likeness (QED) is 0.568. The molecule has 0 bridgehead atoms. The van der Waals surface area contributed by atoms with Crippen molar-refractivity contribution in [2.75, 3.05) is 17.7 Å². The summed E-state index contributed by atoms with van der Waals surface area (Å²) in [5, 5.41) is 11.7. The molecule has 0 saturated carbocycles. The summed E-state index contributed by atoms with van der Waals surface area (Å²) in [7, 11) is 0. The molecule has 1 aromatic carbocycles. The second kappa shape index (κ2) is 5.53. The fraction of sp³-hybridized carbons (Fsp3) is 0.333. The maximum atomic E-state index is 13.2. The van der Waals surface area contributed by atoms with Crippen molar-refractivity contribution in [3.05, 3.63) is 23.8 Å². The van der Waals surface area contributed by atoms with E-state index in [9.17, 15) is 8.78 Å². The third-order valence-corrected chi connectivity index (χ3v) is 2.44. The Morgan fingerprint density at radius 2 is 2.13 bits per heavy atom. The predicted octanol–water partition coefficient (Wildman–Crippen LogP) is 2.27. The maximum absolute atomic E-state index is 13.2. The van der Waals surface area contributed by atoms with E-state index in [1.807, 2.05) is 0 Å². The van der Waals surface area contributed by atoms with Crippen molar-refractivity contribution < 1.29 is 13.9 Å². The van der Waals surface area contributed by atoms with Crippen LogP contribution in [0, 0.1) is 11.6 Å². The van der Waals surface area contributed by atoms with Crippen LogP contribution in [0.3, 0.4) is 0 Å². The molecule has 1 unspecified atom stereocenters. The topological polar surface area (TPSA) is 32.3 Å². The summed E-state index contributed by atoms with van der Waals surface area (Å²) in [6.07, 6.45) is -0.788. The third-order valence-electron chi connectivity index (χ3n) is 1.73. The Hall–Kier alpha value is -0.520. The number of aliphatic hydroxyl groups excluding tert-OH is 1. The van der Waals surface area contributed by atoms with Crippen LogP contribution >= 0.6 is 24.2 Å². The molecule has 0 amide bonds. The van der Waals surface area contributed by atoms with E-state index in [1.54, 1.807) is 0 Å². The molecule has 0 saturated heterocycles. The first-order valence-corrected chi connectivity index (χ1v) is 5.18. The van der Waals surface area contributed by atoms with Crippen LogP contribution in [0.1, 0.15) is 0 Å². The second-order valence-corrected chi connectivity index (χ2v) is 3.76. The van der Waals surface area contributed by atoms with E-state index in [1.165, 1.54) is 0 Å².